The fraction of sp³-hybridized carbons (Fsp3) is 0.0714. The van der Waals surface area contributed by atoms with Crippen molar-refractivity contribution < 1.29 is 18.9 Å². The van der Waals surface area contributed by atoms with E-state index in [0.29, 0.717) is 15.0 Å². The molecule has 2 rings (SSSR count). The zero-order chi connectivity index (χ0) is 10.3. The van der Waals surface area contributed by atoms with E-state index in [1.165, 1.54) is 16.4 Å². The van der Waals surface area contributed by atoms with Crippen molar-refractivity contribution in [2.75, 3.05) is 0 Å². The van der Waals surface area contributed by atoms with Gasteiger partial charge in [-0.1, -0.05) is 0 Å². The Hall–Kier alpha value is -0.573. The Morgan fingerprint density at radius 3 is 2.00 bits per heavy atom. The van der Waals surface area contributed by atoms with Gasteiger partial charge < -0.3 is 0 Å². The number of hydrogen-bond acceptors (Lipinski definition) is 0. The maximum absolute atomic E-state index is 2.35. The summed E-state index contributed by atoms with van der Waals surface area (Å²) in [7, 11) is 0. The monoisotopic (exact) mass is 268 g/mol. The number of rotatable bonds is 4. The van der Waals surface area contributed by atoms with E-state index in [9.17, 15) is 0 Å². The Bertz CT molecular complexity index is 346. The number of hydrogen-bond donors (Lipinski definition) is 0. The van der Waals surface area contributed by atoms with Crippen molar-refractivity contribution in [2.24, 2.45) is 0 Å². The molecule has 2 aromatic carbocycles. The van der Waals surface area contributed by atoms with Gasteiger partial charge >= 0.3 is 116 Å². The van der Waals surface area contributed by atoms with E-state index in [4.69, 9.17) is 0 Å². The van der Waals surface area contributed by atoms with Gasteiger partial charge in [0.1, 0.15) is 0 Å². The maximum atomic E-state index is 2.35. The van der Waals surface area contributed by atoms with E-state index in [2.05, 4.69) is 66.0 Å². The first kappa shape index (κ1) is 13.5. The summed E-state index contributed by atoms with van der Waals surface area (Å²) in [5.41, 5.74) is 2.78. The standard InChI is InChI=1S/C14H13Se.Li/c1-3-7-13(8-4-1)11-15-12-14-9-5-2-6-10-14;/h1-11H,12H2;/q-1;+1. The van der Waals surface area contributed by atoms with Crippen LogP contribution in [-0.4, -0.2) is 15.0 Å². The molecule has 0 aromatic heterocycles. The second-order valence-corrected chi connectivity index (χ2v) is 5.12. The zero-order valence-corrected chi connectivity index (χ0v) is 11.2. The Balaban J connectivity index is 0.00000128. The van der Waals surface area contributed by atoms with Crippen molar-refractivity contribution in [3.05, 3.63) is 77.1 Å². The van der Waals surface area contributed by atoms with E-state index in [1.54, 1.807) is 0 Å². The molecule has 0 bridgehead atoms. The molecule has 0 radical (unpaired) electrons. The van der Waals surface area contributed by atoms with Crippen LogP contribution in [0.5, 0.6) is 0 Å². The van der Waals surface area contributed by atoms with Crippen LogP contribution >= 0.6 is 0 Å². The molecule has 0 nitrogen and oxygen atoms in total. The molecule has 0 saturated carbocycles. The first-order valence-corrected chi connectivity index (χ1v) is 7.19. The van der Waals surface area contributed by atoms with Gasteiger partial charge in [-0.15, -0.1) is 0 Å². The summed E-state index contributed by atoms with van der Waals surface area (Å²) in [5.74, 6) is 0. The SMILES string of the molecule is [Li+].c1ccc([CH-][Se]Cc2ccccc2)cc1. The van der Waals surface area contributed by atoms with Crippen LogP contribution in [0.25, 0.3) is 0 Å². The summed E-state index contributed by atoms with van der Waals surface area (Å²) >= 11 is 0.558. The van der Waals surface area contributed by atoms with Gasteiger partial charge in [0.15, 0.2) is 0 Å². The fourth-order valence-electron chi connectivity index (χ4n) is 1.34. The van der Waals surface area contributed by atoms with Crippen molar-refractivity contribution >= 4 is 15.0 Å². The minimum atomic E-state index is 0. The van der Waals surface area contributed by atoms with E-state index in [-0.39, 0.29) is 18.9 Å². The minimum absolute atomic E-state index is 0. The summed E-state index contributed by atoms with van der Waals surface area (Å²) in [5, 5.41) is 3.53. The Morgan fingerprint density at radius 1 is 0.812 bits per heavy atom. The summed E-state index contributed by atoms with van der Waals surface area (Å²) in [6, 6.07) is 21.2. The van der Waals surface area contributed by atoms with Gasteiger partial charge in [-0.3, -0.25) is 0 Å². The molecular formula is C14H13LiSe. The second kappa shape index (κ2) is 7.66. The molecule has 0 spiro atoms. The molecule has 2 aromatic rings. The third kappa shape index (κ3) is 4.52. The summed E-state index contributed by atoms with van der Waals surface area (Å²) < 4.78 is 0. The van der Waals surface area contributed by atoms with Gasteiger partial charge in [-0.25, -0.2) is 0 Å². The normalized spacial score (nSPS) is 9.25. The molecule has 0 saturated heterocycles. The molecule has 0 unspecified atom stereocenters. The molecule has 0 aliphatic heterocycles. The molecule has 0 aliphatic rings. The fourth-order valence-corrected chi connectivity index (χ4v) is 3.06. The van der Waals surface area contributed by atoms with Crippen LogP contribution in [-0.2, 0) is 5.32 Å². The summed E-state index contributed by atoms with van der Waals surface area (Å²) in [6.45, 7) is 0. The topological polar surface area (TPSA) is 0 Å². The first-order chi connectivity index (χ1) is 7.45. The molecule has 0 amide bonds. The van der Waals surface area contributed by atoms with Crippen LogP contribution in [0.1, 0.15) is 11.1 Å². The quantitative estimate of drug-likeness (QED) is 0.544. The van der Waals surface area contributed by atoms with E-state index < -0.39 is 0 Å². The Morgan fingerprint density at radius 2 is 1.38 bits per heavy atom. The van der Waals surface area contributed by atoms with Crippen LogP contribution in [0.15, 0.2) is 60.7 Å². The molecule has 0 aliphatic carbocycles. The average Bonchev–Trinajstić information content (AvgIpc) is 2.32. The summed E-state index contributed by atoms with van der Waals surface area (Å²) in [6.07, 6.45) is 0. The second-order valence-electron chi connectivity index (χ2n) is 3.33. The molecule has 76 valence electrons. The van der Waals surface area contributed by atoms with Crippen LogP contribution in [0, 0.1) is 5.32 Å². The van der Waals surface area contributed by atoms with Crippen molar-refractivity contribution in [3.63, 3.8) is 0 Å². The average molecular weight is 267 g/mol. The van der Waals surface area contributed by atoms with Crippen molar-refractivity contribution in [1.29, 1.82) is 0 Å². The molecule has 0 fully saturated rings. The van der Waals surface area contributed by atoms with Gasteiger partial charge in [0.05, 0.1) is 0 Å². The van der Waals surface area contributed by atoms with E-state index in [0.717, 1.165) is 0 Å². The van der Waals surface area contributed by atoms with Crippen LogP contribution in [0.3, 0.4) is 0 Å². The van der Waals surface area contributed by atoms with Crippen LogP contribution in [0.4, 0.5) is 0 Å². The molecule has 0 heterocycles. The van der Waals surface area contributed by atoms with Gasteiger partial charge in [0.2, 0.25) is 0 Å². The predicted molar refractivity (Wildman–Crippen MR) is 65.7 cm³/mol. The molecule has 0 N–H and O–H groups in total. The molecular weight excluding hydrogens is 254 g/mol. The van der Waals surface area contributed by atoms with Crippen LogP contribution in [0.2, 0.25) is 0 Å². The van der Waals surface area contributed by atoms with Gasteiger partial charge in [-0.2, -0.15) is 0 Å². The van der Waals surface area contributed by atoms with Gasteiger partial charge in [-0.05, 0) is 0 Å². The predicted octanol–water partition coefficient (Wildman–Crippen LogP) is 0.105. The van der Waals surface area contributed by atoms with Gasteiger partial charge in [0.25, 0.3) is 0 Å². The summed E-state index contributed by atoms with van der Waals surface area (Å²) in [4.78, 5) is 0. The molecule has 2 heteroatoms. The Kier molecular flexibility index (Phi) is 6.46. The van der Waals surface area contributed by atoms with Crippen molar-refractivity contribution in [3.8, 4) is 0 Å². The number of benzene rings is 2. The zero-order valence-electron chi connectivity index (χ0n) is 9.47. The van der Waals surface area contributed by atoms with E-state index in [1.807, 2.05) is 0 Å². The van der Waals surface area contributed by atoms with Gasteiger partial charge in [0, 0.05) is 0 Å². The third-order valence-corrected chi connectivity index (χ3v) is 4.08. The van der Waals surface area contributed by atoms with Crippen molar-refractivity contribution in [2.45, 2.75) is 5.32 Å². The molecule has 16 heavy (non-hydrogen) atoms. The third-order valence-electron chi connectivity index (χ3n) is 2.11. The van der Waals surface area contributed by atoms with Crippen molar-refractivity contribution in [1.82, 2.24) is 0 Å². The van der Waals surface area contributed by atoms with E-state index >= 15 is 0 Å². The molecule has 0 atom stereocenters. The Labute approximate surface area is 116 Å². The van der Waals surface area contributed by atoms with Crippen LogP contribution < -0.4 is 18.9 Å². The first-order valence-electron chi connectivity index (χ1n) is 4.99.